The van der Waals surface area contributed by atoms with Gasteiger partial charge >= 0.3 is 6.18 Å². The van der Waals surface area contributed by atoms with Crippen LogP contribution in [0.1, 0.15) is 72.5 Å². The molecule has 0 bridgehead atoms. The van der Waals surface area contributed by atoms with Gasteiger partial charge in [0, 0.05) is 24.0 Å². The molecule has 4 rings (SSSR count). The van der Waals surface area contributed by atoms with Crippen molar-refractivity contribution in [2.75, 3.05) is 4.31 Å². The van der Waals surface area contributed by atoms with Crippen LogP contribution in [0.4, 0.5) is 18.9 Å². The van der Waals surface area contributed by atoms with Crippen LogP contribution in [-0.4, -0.2) is 29.5 Å². The Hall–Kier alpha value is -4.03. The van der Waals surface area contributed by atoms with Crippen molar-refractivity contribution in [3.8, 4) is 0 Å². The molecule has 228 valence electrons. The summed E-state index contributed by atoms with van der Waals surface area (Å²) in [5.74, 6) is -1.08. The molecule has 2 heterocycles. The van der Waals surface area contributed by atoms with E-state index >= 15 is 0 Å². The second-order valence-electron chi connectivity index (χ2n) is 10.2. The lowest BCUT2D eigenvalue weighted by Crippen LogP contribution is -2.33. The zero-order valence-electron chi connectivity index (χ0n) is 23.6. The summed E-state index contributed by atoms with van der Waals surface area (Å²) >= 11 is 0. The van der Waals surface area contributed by atoms with E-state index in [2.05, 4.69) is 16.9 Å². The number of sulfonamides is 1. The van der Waals surface area contributed by atoms with E-state index in [0.717, 1.165) is 59.9 Å². The largest absolute Gasteiger partial charge is 0.416 e. The van der Waals surface area contributed by atoms with Crippen molar-refractivity contribution >= 4 is 32.5 Å². The summed E-state index contributed by atoms with van der Waals surface area (Å²) in [6.45, 7) is 1.86. The molecule has 2 aromatic heterocycles. The number of hydrogen-bond donors (Lipinski definition) is 2. The summed E-state index contributed by atoms with van der Waals surface area (Å²) in [5, 5.41) is 9.41. The Morgan fingerprint density at radius 3 is 2.33 bits per heavy atom. The Bertz CT molecular complexity index is 1650. The van der Waals surface area contributed by atoms with Gasteiger partial charge in [0.05, 0.1) is 33.8 Å². The van der Waals surface area contributed by atoms with E-state index in [-0.39, 0.29) is 33.6 Å². The quantitative estimate of drug-likeness (QED) is 0.0947. The van der Waals surface area contributed by atoms with Crippen LogP contribution in [0.3, 0.4) is 0 Å². The number of hydrogen-bond acceptors (Lipinski definition) is 6. The van der Waals surface area contributed by atoms with Crippen LogP contribution in [0.15, 0.2) is 78.1 Å². The van der Waals surface area contributed by atoms with E-state index in [9.17, 15) is 31.6 Å². The summed E-state index contributed by atoms with van der Waals surface area (Å²) in [6.07, 6.45) is 6.81. The summed E-state index contributed by atoms with van der Waals surface area (Å²) in [4.78, 5) is 20.7. The highest BCUT2D eigenvalue weighted by atomic mass is 32.2. The van der Waals surface area contributed by atoms with Gasteiger partial charge < -0.3 is 0 Å². The van der Waals surface area contributed by atoms with E-state index in [0.29, 0.717) is 5.56 Å². The van der Waals surface area contributed by atoms with Crippen molar-refractivity contribution in [1.82, 2.24) is 15.4 Å². The zero-order valence-corrected chi connectivity index (χ0v) is 24.5. The molecule has 0 aliphatic rings. The molecule has 2 N–H and O–H groups in total. The third-order valence-corrected chi connectivity index (χ3v) is 8.90. The van der Waals surface area contributed by atoms with Gasteiger partial charge in [-0.05, 0) is 54.3 Å². The number of benzene rings is 2. The average molecular weight is 615 g/mol. The molecule has 2 aromatic carbocycles. The molecule has 12 heteroatoms. The zero-order chi connectivity index (χ0) is 31.0. The maximum Gasteiger partial charge on any atom is 0.416 e. The Morgan fingerprint density at radius 2 is 1.67 bits per heavy atom. The minimum atomic E-state index is -4.67. The molecular formula is C31H33F3N4O4S. The summed E-state index contributed by atoms with van der Waals surface area (Å²) < 4.78 is 69.9. The van der Waals surface area contributed by atoms with Gasteiger partial charge in [-0.3, -0.25) is 24.3 Å². The third kappa shape index (κ3) is 7.68. The van der Waals surface area contributed by atoms with Crippen molar-refractivity contribution in [2.24, 2.45) is 0 Å². The molecule has 0 saturated carbocycles. The number of unbranched alkanes of at least 4 members (excludes halogenated alkanes) is 5. The van der Waals surface area contributed by atoms with Crippen LogP contribution in [0.2, 0.25) is 0 Å². The highest BCUT2D eigenvalue weighted by molar-refractivity contribution is 7.92. The first kappa shape index (κ1) is 31.9. The molecule has 0 atom stereocenters. The molecule has 0 spiro atoms. The number of hydroxylamine groups is 1. The van der Waals surface area contributed by atoms with Gasteiger partial charge in [-0.1, -0.05) is 63.3 Å². The number of carbonyl (C=O) groups excluding carboxylic acids is 1. The number of nitrogens with zero attached hydrogens (tertiary/aromatic N) is 3. The molecular weight excluding hydrogens is 581 g/mol. The molecule has 43 heavy (non-hydrogen) atoms. The predicted octanol–water partition coefficient (Wildman–Crippen LogP) is 7.07. The maximum atomic E-state index is 14.3. The summed E-state index contributed by atoms with van der Waals surface area (Å²) in [7, 11) is -4.40. The minimum absolute atomic E-state index is 0.0266. The lowest BCUT2D eigenvalue weighted by Gasteiger charge is -2.27. The van der Waals surface area contributed by atoms with Gasteiger partial charge in [-0.25, -0.2) is 13.9 Å². The van der Waals surface area contributed by atoms with E-state index in [1.54, 1.807) is 24.3 Å². The average Bonchev–Trinajstić information content (AvgIpc) is 3.00. The number of carbonyl (C=O) groups is 1. The number of fused-ring (bicyclic) bond motifs is 1. The molecule has 4 aromatic rings. The second kappa shape index (κ2) is 14.0. The Kier molecular flexibility index (Phi) is 10.4. The van der Waals surface area contributed by atoms with Crippen molar-refractivity contribution in [3.05, 3.63) is 95.4 Å². The van der Waals surface area contributed by atoms with Crippen LogP contribution in [0, 0.1) is 0 Å². The Labute approximate surface area is 248 Å². The molecule has 0 aliphatic carbocycles. The molecule has 0 aliphatic heterocycles. The van der Waals surface area contributed by atoms with Gasteiger partial charge in [-0.15, -0.1) is 0 Å². The van der Waals surface area contributed by atoms with Crippen LogP contribution in [0.25, 0.3) is 10.9 Å². The van der Waals surface area contributed by atoms with Gasteiger partial charge in [0.15, 0.2) is 0 Å². The third-order valence-electron chi connectivity index (χ3n) is 7.14. The van der Waals surface area contributed by atoms with Crippen LogP contribution < -0.4 is 9.79 Å². The fourth-order valence-electron chi connectivity index (χ4n) is 4.86. The molecule has 0 radical (unpaired) electrons. The monoisotopic (exact) mass is 614 g/mol. The second-order valence-corrected chi connectivity index (χ2v) is 12.1. The van der Waals surface area contributed by atoms with Gasteiger partial charge in [0.2, 0.25) is 0 Å². The summed E-state index contributed by atoms with van der Waals surface area (Å²) in [6, 6.07) is 12.3. The lowest BCUT2D eigenvalue weighted by molar-refractivity contribution is -0.137. The van der Waals surface area contributed by atoms with Gasteiger partial charge in [-0.2, -0.15) is 13.2 Å². The number of nitrogens with one attached hydrogen (secondary N) is 1. The molecule has 0 unspecified atom stereocenters. The van der Waals surface area contributed by atoms with Gasteiger partial charge in [0.1, 0.15) is 0 Å². The minimum Gasteiger partial charge on any atom is -0.288 e. The number of pyridine rings is 2. The standard InChI is InChI=1S/C31H33F3N4O4S/c1-2-3-4-5-6-7-9-22-11-14-25(15-12-22)43(41,42)38(21-23-10-8-17-35-19-23)29-26-16-13-24(31(32,33)34)18-28(26)36-20-27(29)30(39)37-40/h8,10-20,40H,2-7,9,21H2,1H3,(H,37,39). The topological polar surface area (TPSA) is 112 Å². The SMILES string of the molecule is CCCCCCCCc1ccc(S(=O)(=O)N(Cc2cccnc2)c2c(C(=O)NO)cnc3cc(C(F)(F)F)ccc23)cc1. The highest BCUT2D eigenvalue weighted by Crippen LogP contribution is 2.38. The molecule has 0 fully saturated rings. The van der Waals surface area contributed by atoms with E-state index in [1.165, 1.54) is 49.3 Å². The number of amides is 1. The van der Waals surface area contributed by atoms with Crippen molar-refractivity contribution in [2.45, 2.75) is 69.5 Å². The lowest BCUT2D eigenvalue weighted by atomic mass is 10.1. The van der Waals surface area contributed by atoms with Gasteiger partial charge in [0.25, 0.3) is 15.9 Å². The molecule has 1 amide bonds. The smallest absolute Gasteiger partial charge is 0.288 e. The van der Waals surface area contributed by atoms with E-state index in [4.69, 9.17) is 0 Å². The Morgan fingerprint density at radius 1 is 0.953 bits per heavy atom. The highest BCUT2D eigenvalue weighted by Gasteiger charge is 2.34. The van der Waals surface area contributed by atoms with Crippen molar-refractivity contribution < 1.29 is 31.6 Å². The van der Waals surface area contributed by atoms with E-state index in [1.807, 2.05) is 0 Å². The number of rotatable bonds is 13. The number of alkyl halides is 3. The number of aromatic nitrogens is 2. The van der Waals surface area contributed by atoms with Crippen molar-refractivity contribution in [3.63, 3.8) is 0 Å². The normalized spacial score (nSPS) is 11.9. The van der Waals surface area contributed by atoms with Crippen molar-refractivity contribution in [1.29, 1.82) is 0 Å². The van der Waals surface area contributed by atoms with Crippen LogP contribution >= 0.6 is 0 Å². The van der Waals surface area contributed by atoms with Crippen LogP contribution in [0.5, 0.6) is 0 Å². The maximum absolute atomic E-state index is 14.3. The van der Waals surface area contributed by atoms with E-state index < -0.39 is 27.7 Å². The number of aryl methyl sites for hydroxylation is 1. The first-order valence-electron chi connectivity index (χ1n) is 14.0. The first-order valence-corrected chi connectivity index (χ1v) is 15.4. The predicted molar refractivity (Wildman–Crippen MR) is 157 cm³/mol. The summed E-state index contributed by atoms with van der Waals surface area (Å²) in [5.41, 5.74) is 1.17. The first-order chi connectivity index (χ1) is 20.6. The van der Waals surface area contributed by atoms with Crippen LogP contribution in [-0.2, 0) is 29.2 Å². The number of halogens is 3. The Balaban J connectivity index is 1.79. The molecule has 8 nitrogen and oxygen atoms in total. The fourth-order valence-corrected chi connectivity index (χ4v) is 6.35. The number of anilines is 1. The molecule has 0 saturated heterocycles. The fraction of sp³-hybridized carbons (Fsp3) is 0.323.